The molecule has 1 aliphatic heterocycles. The maximum atomic E-state index is 12.2. The number of hydrogen-bond acceptors (Lipinski definition) is 5. The molecule has 3 rings (SSSR count). The molecule has 1 aromatic carbocycles. The molecule has 6 heteroatoms. The maximum Gasteiger partial charge on any atom is 0.289 e. The zero-order valence-electron chi connectivity index (χ0n) is 13.1. The highest BCUT2D eigenvalue weighted by atomic mass is 16.5. The van der Waals surface area contributed by atoms with E-state index in [0.29, 0.717) is 19.8 Å². The SMILES string of the molecule is COc1ccccc1C1(CNC(=O)c2ccno2)CCOCC1. The van der Waals surface area contributed by atoms with E-state index in [0.717, 1.165) is 24.2 Å². The highest BCUT2D eigenvalue weighted by molar-refractivity contribution is 5.91. The van der Waals surface area contributed by atoms with Gasteiger partial charge in [-0.25, -0.2) is 0 Å². The van der Waals surface area contributed by atoms with Crippen LogP contribution < -0.4 is 10.1 Å². The van der Waals surface area contributed by atoms with Crippen LogP contribution in [-0.4, -0.2) is 37.9 Å². The lowest BCUT2D eigenvalue weighted by Crippen LogP contribution is -2.44. The third-order valence-electron chi connectivity index (χ3n) is 4.38. The average Bonchev–Trinajstić information content (AvgIpc) is 3.15. The number of aromatic nitrogens is 1. The molecule has 1 amide bonds. The van der Waals surface area contributed by atoms with Gasteiger partial charge in [-0.1, -0.05) is 23.4 Å². The van der Waals surface area contributed by atoms with Crippen LogP contribution in [0.2, 0.25) is 0 Å². The molecule has 1 aromatic heterocycles. The minimum absolute atomic E-state index is 0.208. The predicted molar refractivity (Wildman–Crippen MR) is 83.6 cm³/mol. The van der Waals surface area contributed by atoms with Gasteiger partial charge in [0, 0.05) is 36.8 Å². The van der Waals surface area contributed by atoms with Gasteiger partial charge in [0.1, 0.15) is 5.75 Å². The van der Waals surface area contributed by atoms with E-state index >= 15 is 0 Å². The van der Waals surface area contributed by atoms with E-state index < -0.39 is 0 Å². The second-order valence-corrected chi connectivity index (χ2v) is 5.65. The van der Waals surface area contributed by atoms with Crippen molar-refractivity contribution in [3.05, 3.63) is 47.9 Å². The summed E-state index contributed by atoms with van der Waals surface area (Å²) in [5.41, 5.74) is 0.893. The molecule has 1 saturated heterocycles. The van der Waals surface area contributed by atoms with Gasteiger partial charge in [-0.3, -0.25) is 4.79 Å². The fourth-order valence-electron chi connectivity index (χ4n) is 3.06. The summed E-state index contributed by atoms with van der Waals surface area (Å²) in [5.74, 6) is 0.791. The first-order chi connectivity index (χ1) is 11.2. The van der Waals surface area contributed by atoms with Crippen LogP contribution in [0.3, 0.4) is 0 Å². The highest BCUT2D eigenvalue weighted by Crippen LogP contribution is 2.39. The Morgan fingerprint density at radius 1 is 1.30 bits per heavy atom. The first kappa shape index (κ1) is 15.6. The number of benzene rings is 1. The largest absolute Gasteiger partial charge is 0.496 e. The molecular weight excluding hydrogens is 296 g/mol. The number of para-hydroxylation sites is 1. The number of amides is 1. The van der Waals surface area contributed by atoms with E-state index in [1.807, 2.05) is 18.2 Å². The van der Waals surface area contributed by atoms with Crippen LogP contribution in [0, 0.1) is 0 Å². The van der Waals surface area contributed by atoms with Crippen molar-refractivity contribution in [2.75, 3.05) is 26.9 Å². The number of nitrogens with zero attached hydrogens (tertiary/aromatic N) is 1. The number of nitrogens with one attached hydrogen (secondary N) is 1. The van der Waals surface area contributed by atoms with Gasteiger partial charge in [-0.05, 0) is 18.9 Å². The quantitative estimate of drug-likeness (QED) is 0.915. The van der Waals surface area contributed by atoms with E-state index in [2.05, 4.69) is 16.5 Å². The zero-order chi connectivity index (χ0) is 16.1. The molecule has 0 radical (unpaired) electrons. The van der Waals surface area contributed by atoms with Gasteiger partial charge in [-0.2, -0.15) is 0 Å². The third-order valence-corrected chi connectivity index (χ3v) is 4.38. The third kappa shape index (κ3) is 3.22. The van der Waals surface area contributed by atoms with Crippen molar-refractivity contribution >= 4 is 5.91 Å². The van der Waals surface area contributed by atoms with E-state index in [4.69, 9.17) is 14.0 Å². The number of carbonyl (C=O) groups excluding carboxylic acids is 1. The van der Waals surface area contributed by atoms with Crippen molar-refractivity contribution in [3.63, 3.8) is 0 Å². The minimum atomic E-state index is -0.261. The van der Waals surface area contributed by atoms with Crippen LogP contribution in [0.15, 0.2) is 41.1 Å². The number of carbonyl (C=O) groups is 1. The molecule has 23 heavy (non-hydrogen) atoms. The first-order valence-electron chi connectivity index (χ1n) is 7.65. The Balaban J connectivity index is 1.83. The van der Waals surface area contributed by atoms with Crippen LogP contribution in [0.25, 0.3) is 0 Å². The van der Waals surface area contributed by atoms with Crippen molar-refractivity contribution < 1.29 is 18.8 Å². The van der Waals surface area contributed by atoms with Crippen LogP contribution in [0.1, 0.15) is 29.0 Å². The Labute approximate surface area is 134 Å². The number of rotatable bonds is 5. The molecule has 1 fully saturated rings. The van der Waals surface area contributed by atoms with Gasteiger partial charge in [0.2, 0.25) is 5.76 Å². The molecule has 0 saturated carbocycles. The van der Waals surface area contributed by atoms with Crippen LogP contribution in [0.4, 0.5) is 0 Å². The fraction of sp³-hybridized carbons (Fsp3) is 0.412. The Hall–Kier alpha value is -2.34. The summed E-state index contributed by atoms with van der Waals surface area (Å²) >= 11 is 0. The van der Waals surface area contributed by atoms with Crippen molar-refractivity contribution in [1.82, 2.24) is 10.5 Å². The molecule has 0 bridgehead atoms. The second kappa shape index (κ2) is 6.83. The van der Waals surface area contributed by atoms with Crippen LogP contribution >= 0.6 is 0 Å². The van der Waals surface area contributed by atoms with Crippen molar-refractivity contribution in [3.8, 4) is 5.75 Å². The predicted octanol–water partition coefficient (Wildman–Crippen LogP) is 2.16. The van der Waals surface area contributed by atoms with Crippen LogP contribution in [0.5, 0.6) is 5.75 Å². The Kier molecular flexibility index (Phi) is 4.62. The normalized spacial score (nSPS) is 16.7. The van der Waals surface area contributed by atoms with E-state index in [1.165, 1.54) is 6.20 Å². The Bertz CT molecular complexity index is 648. The number of hydrogen-bond donors (Lipinski definition) is 1. The second-order valence-electron chi connectivity index (χ2n) is 5.65. The van der Waals surface area contributed by atoms with Gasteiger partial charge in [0.25, 0.3) is 5.91 Å². The maximum absolute atomic E-state index is 12.2. The van der Waals surface area contributed by atoms with E-state index in [-0.39, 0.29) is 17.1 Å². The van der Waals surface area contributed by atoms with Gasteiger partial charge in [0.15, 0.2) is 0 Å². The molecule has 2 heterocycles. The summed E-state index contributed by atoms with van der Waals surface area (Å²) in [4.78, 5) is 12.2. The molecule has 1 N–H and O–H groups in total. The number of ether oxygens (including phenoxy) is 2. The van der Waals surface area contributed by atoms with Crippen LogP contribution in [-0.2, 0) is 10.2 Å². The monoisotopic (exact) mass is 316 g/mol. The van der Waals surface area contributed by atoms with Crippen molar-refractivity contribution in [2.24, 2.45) is 0 Å². The Morgan fingerprint density at radius 3 is 2.78 bits per heavy atom. The topological polar surface area (TPSA) is 73.6 Å². The minimum Gasteiger partial charge on any atom is -0.496 e. The lowest BCUT2D eigenvalue weighted by Gasteiger charge is -2.38. The summed E-state index contributed by atoms with van der Waals surface area (Å²) in [6.45, 7) is 1.82. The molecule has 2 aromatic rings. The molecule has 0 atom stereocenters. The molecule has 0 aliphatic carbocycles. The molecule has 122 valence electrons. The zero-order valence-corrected chi connectivity index (χ0v) is 13.1. The first-order valence-corrected chi connectivity index (χ1v) is 7.65. The van der Waals surface area contributed by atoms with E-state index in [1.54, 1.807) is 13.2 Å². The summed E-state index contributed by atoms with van der Waals surface area (Å²) in [7, 11) is 1.67. The molecule has 6 nitrogen and oxygen atoms in total. The highest BCUT2D eigenvalue weighted by Gasteiger charge is 2.37. The fourth-order valence-corrected chi connectivity index (χ4v) is 3.06. The summed E-state index contributed by atoms with van der Waals surface area (Å²) in [6, 6.07) is 9.50. The van der Waals surface area contributed by atoms with E-state index in [9.17, 15) is 4.79 Å². The van der Waals surface area contributed by atoms with Gasteiger partial charge < -0.3 is 19.3 Å². The van der Waals surface area contributed by atoms with Gasteiger partial charge in [0.05, 0.1) is 13.3 Å². The van der Waals surface area contributed by atoms with Gasteiger partial charge in [-0.15, -0.1) is 0 Å². The lowest BCUT2D eigenvalue weighted by atomic mass is 9.73. The molecule has 1 aliphatic rings. The van der Waals surface area contributed by atoms with Crippen molar-refractivity contribution in [1.29, 1.82) is 0 Å². The Morgan fingerprint density at radius 2 is 2.09 bits per heavy atom. The standard InChI is InChI=1S/C17H20N2O4/c1-21-14-5-3-2-4-13(14)17(7-10-22-11-8-17)12-18-16(20)15-6-9-19-23-15/h2-6,9H,7-8,10-12H2,1H3,(H,18,20). The van der Waals surface area contributed by atoms with Crippen molar-refractivity contribution in [2.45, 2.75) is 18.3 Å². The molecule has 0 spiro atoms. The lowest BCUT2D eigenvalue weighted by molar-refractivity contribution is 0.0475. The molecular formula is C17H20N2O4. The average molecular weight is 316 g/mol. The molecule has 0 unspecified atom stereocenters. The summed E-state index contributed by atoms with van der Waals surface area (Å²) < 4.78 is 15.9. The summed E-state index contributed by atoms with van der Waals surface area (Å²) in [5, 5.41) is 6.53. The smallest absolute Gasteiger partial charge is 0.289 e. The number of methoxy groups -OCH3 is 1. The van der Waals surface area contributed by atoms with Gasteiger partial charge >= 0.3 is 0 Å². The summed E-state index contributed by atoms with van der Waals surface area (Å²) in [6.07, 6.45) is 3.10.